The molecule has 0 aliphatic heterocycles. The van der Waals surface area contributed by atoms with Crippen LogP contribution in [0.25, 0.3) is 0 Å². The van der Waals surface area contributed by atoms with Gasteiger partial charge in [0.15, 0.2) is 0 Å². The molecule has 1 aromatic heterocycles. The van der Waals surface area contributed by atoms with Gasteiger partial charge >= 0.3 is 0 Å². The Labute approximate surface area is 107 Å². The van der Waals surface area contributed by atoms with Gasteiger partial charge in [0.05, 0.1) is 6.10 Å². The van der Waals surface area contributed by atoms with Gasteiger partial charge in [0.2, 0.25) is 0 Å². The van der Waals surface area contributed by atoms with Crippen molar-refractivity contribution in [2.45, 2.75) is 31.3 Å². The molecule has 1 aliphatic rings. The molecule has 1 atom stereocenters. The molecule has 1 fully saturated rings. The van der Waals surface area contributed by atoms with Crippen LogP contribution < -0.4 is 0 Å². The summed E-state index contributed by atoms with van der Waals surface area (Å²) in [5.41, 5.74) is 3.31. The standard InChI is InChI=1S/C16H17NO/c18-16(11-15-3-1-2-10-17-15)14-8-6-13(7-9-14)12-4-5-12/h1-3,6-10,12,16,18H,4-5,11H2. The minimum absolute atomic E-state index is 0.465. The fraction of sp³-hybridized carbons (Fsp3) is 0.312. The molecule has 1 heterocycles. The van der Waals surface area contributed by atoms with E-state index in [2.05, 4.69) is 17.1 Å². The molecule has 1 aliphatic carbocycles. The van der Waals surface area contributed by atoms with E-state index in [1.807, 2.05) is 30.3 Å². The first kappa shape index (κ1) is 11.4. The maximum Gasteiger partial charge on any atom is 0.0845 e. The van der Waals surface area contributed by atoms with E-state index >= 15 is 0 Å². The molecule has 3 rings (SSSR count). The van der Waals surface area contributed by atoms with E-state index in [1.165, 1.54) is 18.4 Å². The van der Waals surface area contributed by atoms with Crippen LogP contribution in [0.3, 0.4) is 0 Å². The average Bonchev–Trinajstić information content (AvgIpc) is 3.24. The van der Waals surface area contributed by atoms with Gasteiger partial charge < -0.3 is 5.11 Å². The highest BCUT2D eigenvalue weighted by atomic mass is 16.3. The summed E-state index contributed by atoms with van der Waals surface area (Å²) in [4.78, 5) is 4.24. The van der Waals surface area contributed by atoms with Gasteiger partial charge in [-0.15, -0.1) is 0 Å². The zero-order valence-electron chi connectivity index (χ0n) is 10.3. The summed E-state index contributed by atoms with van der Waals surface area (Å²) >= 11 is 0. The SMILES string of the molecule is OC(Cc1ccccn1)c1ccc(C2CC2)cc1. The third kappa shape index (κ3) is 2.59. The average molecular weight is 239 g/mol. The van der Waals surface area contributed by atoms with Crippen molar-refractivity contribution >= 4 is 0 Å². The highest BCUT2D eigenvalue weighted by Gasteiger charge is 2.23. The van der Waals surface area contributed by atoms with Gasteiger partial charge in [-0.2, -0.15) is 0 Å². The van der Waals surface area contributed by atoms with Crippen molar-refractivity contribution in [3.63, 3.8) is 0 Å². The molecule has 0 saturated heterocycles. The summed E-state index contributed by atoms with van der Waals surface area (Å²) in [6.07, 6.45) is 4.50. The van der Waals surface area contributed by atoms with Crippen LogP contribution in [0.5, 0.6) is 0 Å². The Morgan fingerprint density at radius 2 is 1.89 bits per heavy atom. The molecule has 92 valence electrons. The number of rotatable bonds is 4. The van der Waals surface area contributed by atoms with Crippen LogP contribution in [-0.4, -0.2) is 10.1 Å². The zero-order valence-corrected chi connectivity index (χ0v) is 10.3. The normalized spacial score (nSPS) is 16.5. The van der Waals surface area contributed by atoms with Crippen LogP contribution in [0, 0.1) is 0 Å². The van der Waals surface area contributed by atoms with Crippen LogP contribution in [0.2, 0.25) is 0 Å². The van der Waals surface area contributed by atoms with Crippen molar-refractivity contribution < 1.29 is 5.11 Å². The number of aliphatic hydroxyl groups is 1. The van der Waals surface area contributed by atoms with Crippen molar-refractivity contribution in [1.29, 1.82) is 0 Å². The summed E-state index contributed by atoms with van der Waals surface area (Å²) in [6, 6.07) is 14.2. The van der Waals surface area contributed by atoms with Gasteiger partial charge in [0.1, 0.15) is 0 Å². The Bertz CT molecular complexity index is 502. The van der Waals surface area contributed by atoms with Crippen LogP contribution in [0.4, 0.5) is 0 Å². The topological polar surface area (TPSA) is 33.1 Å². The monoisotopic (exact) mass is 239 g/mol. The summed E-state index contributed by atoms with van der Waals surface area (Å²) < 4.78 is 0. The van der Waals surface area contributed by atoms with Crippen LogP contribution in [0.1, 0.15) is 41.7 Å². The molecule has 1 aromatic carbocycles. The molecule has 1 saturated carbocycles. The predicted octanol–water partition coefficient (Wildman–Crippen LogP) is 3.24. The molecule has 2 heteroatoms. The van der Waals surface area contributed by atoms with Crippen molar-refractivity contribution in [1.82, 2.24) is 4.98 Å². The van der Waals surface area contributed by atoms with Crippen molar-refractivity contribution in [3.05, 3.63) is 65.5 Å². The predicted molar refractivity (Wildman–Crippen MR) is 71.3 cm³/mol. The van der Waals surface area contributed by atoms with Crippen molar-refractivity contribution in [2.24, 2.45) is 0 Å². The Balaban J connectivity index is 1.69. The third-order valence-electron chi connectivity index (χ3n) is 3.50. The Hall–Kier alpha value is -1.67. The molecule has 0 amide bonds. The quantitative estimate of drug-likeness (QED) is 0.888. The Morgan fingerprint density at radius 3 is 2.50 bits per heavy atom. The first-order valence-corrected chi connectivity index (χ1v) is 6.51. The van der Waals surface area contributed by atoms with Crippen molar-refractivity contribution in [2.75, 3.05) is 0 Å². The number of hydrogen-bond acceptors (Lipinski definition) is 2. The third-order valence-corrected chi connectivity index (χ3v) is 3.50. The molecule has 1 unspecified atom stereocenters. The Kier molecular flexibility index (Phi) is 3.11. The summed E-state index contributed by atoms with van der Waals surface area (Å²) in [7, 11) is 0. The van der Waals surface area contributed by atoms with E-state index < -0.39 is 6.10 Å². The second-order valence-corrected chi connectivity index (χ2v) is 4.98. The maximum absolute atomic E-state index is 10.2. The largest absolute Gasteiger partial charge is 0.388 e. The molecule has 1 N–H and O–H groups in total. The molecule has 0 bridgehead atoms. The smallest absolute Gasteiger partial charge is 0.0845 e. The molecular weight excluding hydrogens is 222 g/mol. The lowest BCUT2D eigenvalue weighted by Crippen LogP contribution is -2.03. The van der Waals surface area contributed by atoms with E-state index in [-0.39, 0.29) is 0 Å². The second kappa shape index (κ2) is 4.91. The minimum atomic E-state index is -0.465. The molecule has 0 spiro atoms. The molecular formula is C16H17NO. The summed E-state index contributed by atoms with van der Waals surface area (Å²) in [6.45, 7) is 0. The number of aromatic nitrogens is 1. The van der Waals surface area contributed by atoms with Crippen LogP contribution >= 0.6 is 0 Å². The first-order valence-electron chi connectivity index (χ1n) is 6.51. The van der Waals surface area contributed by atoms with Gasteiger partial charge in [0, 0.05) is 18.3 Å². The fourth-order valence-electron chi connectivity index (χ4n) is 2.24. The molecule has 18 heavy (non-hydrogen) atoms. The molecule has 2 nitrogen and oxygen atoms in total. The number of hydrogen-bond donors (Lipinski definition) is 1. The molecule has 2 aromatic rings. The van der Waals surface area contributed by atoms with E-state index in [4.69, 9.17) is 0 Å². The lowest BCUT2D eigenvalue weighted by atomic mass is 10.0. The van der Waals surface area contributed by atoms with Crippen molar-refractivity contribution in [3.8, 4) is 0 Å². The van der Waals surface area contributed by atoms with Gasteiger partial charge in [-0.05, 0) is 42.0 Å². The molecule has 0 radical (unpaired) electrons. The zero-order chi connectivity index (χ0) is 12.4. The number of pyridine rings is 1. The van der Waals surface area contributed by atoms with E-state index in [9.17, 15) is 5.11 Å². The fourth-order valence-corrected chi connectivity index (χ4v) is 2.24. The van der Waals surface area contributed by atoms with Crippen LogP contribution in [-0.2, 0) is 6.42 Å². The lowest BCUT2D eigenvalue weighted by molar-refractivity contribution is 0.177. The summed E-state index contributed by atoms with van der Waals surface area (Å²) in [5.74, 6) is 0.770. The van der Waals surface area contributed by atoms with E-state index in [0.717, 1.165) is 17.2 Å². The van der Waals surface area contributed by atoms with Gasteiger partial charge in [-0.1, -0.05) is 30.3 Å². The number of aliphatic hydroxyl groups excluding tert-OH is 1. The number of nitrogens with zero attached hydrogens (tertiary/aromatic N) is 1. The van der Waals surface area contributed by atoms with Gasteiger partial charge in [-0.25, -0.2) is 0 Å². The highest BCUT2D eigenvalue weighted by Crippen LogP contribution is 2.40. The van der Waals surface area contributed by atoms with Crippen LogP contribution in [0.15, 0.2) is 48.7 Å². The number of benzene rings is 1. The first-order chi connectivity index (χ1) is 8.83. The second-order valence-electron chi connectivity index (χ2n) is 4.98. The van der Waals surface area contributed by atoms with E-state index in [1.54, 1.807) is 6.20 Å². The Morgan fingerprint density at radius 1 is 1.11 bits per heavy atom. The summed E-state index contributed by atoms with van der Waals surface area (Å²) in [5, 5.41) is 10.2. The van der Waals surface area contributed by atoms with Gasteiger partial charge in [-0.3, -0.25) is 4.98 Å². The lowest BCUT2D eigenvalue weighted by Gasteiger charge is -2.11. The minimum Gasteiger partial charge on any atom is -0.388 e. The van der Waals surface area contributed by atoms with Gasteiger partial charge in [0.25, 0.3) is 0 Å². The highest BCUT2D eigenvalue weighted by molar-refractivity contribution is 5.29. The maximum atomic E-state index is 10.2. The van der Waals surface area contributed by atoms with E-state index in [0.29, 0.717) is 6.42 Å².